The van der Waals surface area contributed by atoms with Gasteiger partial charge in [-0.3, -0.25) is 9.98 Å². The maximum atomic E-state index is 15.1. The fourth-order valence-corrected chi connectivity index (χ4v) is 5.61. The average Bonchev–Trinajstić information content (AvgIpc) is 3.40. The highest BCUT2D eigenvalue weighted by atomic mass is 35.5. The van der Waals surface area contributed by atoms with Crippen molar-refractivity contribution in [3.05, 3.63) is 81.1 Å². The number of hydrogen-bond donors (Lipinski definition) is 5. The molecule has 9 nitrogen and oxygen atoms in total. The first-order valence-corrected chi connectivity index (χ1v) is 14.9. The average molecular weight is 648 g/mol. The van der Waals surface area contributed by atoms with Crippen LogP contribution < -0.4 is 22.1 Å². The Morgan fingerprint density at radius 2 is 2.00 bits per heavy atom. The quantitative estimate of drug-likeness (QED) is 0.0890. The number of alkyl halides is 3. The highest BCUT2D eigenvalue weighted by Gasteiger charge is 2.35. The fourth-order valence-electron chi connectivity index (χ4n) is 5.37. The molecular weight excluding hydrogens is 614 g/mol. The molecule has 4 aromatic rings. The van der Waals surface area contributed by atoms with Crippen molar-refractivity contribution in [1.29, 1.82) is 5.41 Å². The molecule has 2 aromatic carbocycles. The standard InChI is InChI=1S/C31H34ClF4N7O2/c1-17(37)39-10-9-21-15-45-16-26(40-21)19-5-7-22(8-6-19)43-14-20-13-25(41-29(20)42-30(43)44)23-11-18(12-24(32)28(23)33)3-2-4-27(38)31(34,35)36/h5-8,11-14,21,26-27,40H,2-4,9-10,15-16,38H2,1H3,(H2,37,39)(H,41,42,44)/t21-,26+,27-/m1/s1. The van der Waals surface area contributed by atoms with Crippen LogP contribution in [0.4, 0.5) is 17.6 Å². The zero-order chi connectivity index (χ0) is 32.3. The number of aromatic nitrogens is 3. The molecule has 2 aromatic heterocycles. The van der Waals surface area contributed by atoms with Crippen LogP contribution in [0.3, 0.4) is 0 Å². The van der Waals surface area contributed by atoms with Gasteiger partial charge in [-0.15, -0.1) is 0 Å². The summed E-state index contributed by atoms with van der Waals surface area (Å²) in [5.41, 5.74) is 7.50. The molecule has 5 rings (SSSR count). The number of H-pyrrole nitrogens is 1. The number of aryl methyl sites for hydroxylation is 1. The molecule has 0 spiro atoms. The summed E-state index contributed by atoms with van der Waals surface area (Å²) >= 11 is 6.14. The van der Waals surface area contributed by atoms with Gasteiger partial charge in [0.2, 0.25) is 0 Å². The summed E-state index contributed by atoms with van der Waals surface area (Å²) in [5, 5.41) is 14.5. The maximum absolute atomic E-state index is 15.1. The molecule has 3 atom stereocenters. The van der Waals surface area contributed by atoms with Crippen molar-refractivity contribution < 1.29 is 22.3 Å². The van der Waals surface area contributed by atoms with Crippen LogP contribution in [-0.2, 0) is 11.2 Å². The van der Waals surface area contributed by atoms with E-state index >= 15 is 4.39 Å². The van der Waals surface area contributed by atoms with E-state index < -0.39 is 23.7 Å². The van der Waals surface area contributed by atoms with Crippen LogP contribution in [0, 0.1) is 11.2 Å². The lowest BCUT2D eigenvalue weighted by Crippen LogP contribution is -2.45. The van der Waals surface area contributed by atoms with E-state index in [2.05, 4.69) is 20.6 Å². The normalized spacial score (nSPS) is 17.8. The van der Waals surface area contributed by atoms with Crippen molar-refractivity contribution in [3.8, 4) is 16.9 Å². The van der Waals surface area contributed by atoms with Gasteiger partial charge in [-0.1, -0.05) is 23.7 Å². The number of ether oxygens (including phenoxy) is 1. The summed E-state index contributed by atoms with van der Waals surface area (Å²) in [6.07, 6.45) is -1.97. The lowest BCUT2D eigenvalue weighted by Gasteiger charge is -2.31. The Bertz CT molecular complexity index is 1720. The molecule has 240 valence electrons. The zero-order valence-corrected chi connectivity index (χ0v) is 25.2. The van der Waals surface area contributed by atoms with Gasteiger partial charge in [0.05, 0.1) is 41.5 Å². The Balaban J connectivity index is 1.33. The second-order valence-electron chi connectivity index (χ2n) is 11.2. The molecule has 0 aliphatic carbocycles. The smallest absolute Gasteiger partial charge is 0.378 e. The van der Waals surface area contributed by atoms with E-state index in [4.69, 9.17) is 27.5 Å². The molecule has 3 heterocycles. The monoisotopic (exact) mass is 647 g/mol. The Labute approximate surface area is 261 Å². The third-order valence-corrected chi connectivity index (χ3v) is 8.06. The van der Waals surface area contributed by atoms with Crippen molar-refractivity contribution in [2.24, 2.45) is 5.73 Å². The van der Waals surface area contributed by atoms with Crippen LogP contribution >= 0.6 is 11.6 Å². The first kappa shape index (κ1) is 32.6. The van der Waals surface area contributed by atoms with Gasteiger partial charge in [0.25, 0.3) is 0 Å². The van der Waals surface area contributed by atoms with Crippen molar-refractivity contribution in [3.63, 3.8) is 0 Å². The minimum Gasteiger partial charge on any atom is -0.378 e. The van der Waals surface area contributed by atoms with Crippen LogP contribution in [0.5, 0.6) is 0 Å². The van der Waals surface area contributed by atoms with Gasteiger partial charge in [-0.2, -0.15) is 18.2 Å². The molecule has 6 N–H and O–H groups in total. The molecule has 1 aliphatic heterocycles. The summed E-state index contributed by atoms with van der Waals surface area (Å²) in [4.78, 5) is 20.1. The first-order valence-electron chi connectivity index (χ1n) is 14.5. The van der Waals surface area contributed by atoms with Crippen LogP contribution in [0.1, 0.15) is 43.4 Å². The minimum atomic E-state index is -4.48. The highest BCUT2D eigenvalue weighted by Crippen LogP contribution is 2.32. The number of benzene rings is 2. The fraction of sp³-hybridized carbons (Fsp3) is 0.387. The predicted molar refractivity (Wildman–Crippen MR) is 166 cm³/mol. The van der Waals surface area contributed by atoms with Crippen LogP contribution in [-0.4, -0.2) is 58.4 Å². The van der Waals surface area contributed by atoms with Gasteiger partial charge in [0.15, 0.2) is 5.82 Å². The summed E-state index contributed by atoms with van der Waals surface area (Å²) in [6.45, 7) is 3.47. The van der Waals surface area contributed by atoms with E-state index in [1.807, 2.05) is 24.3 Å². The van der Waals surface area contributed by atoms with E-state index in [0.717, 1.165) is 12.0 Å². The van der Waals surface area contributed by atoms with Gasteiger partial charge >= 0.3 is 11.9 Å². The van der Waals surface area contributed by atoms with Gasteiger partial charge in [0, 0.05) is 29.7 Å². The van der Waals surface area contributed by atoms with E-state index in [0.29, 0.717) is 47.9 Å². The third-order valence-electron chi connectivity index (χ3n) is 7.78. The number of morpholine rings is 1. The number of halogens is 5. The number of rotatable bonds is 10. The maximum Gasteiger partial charge on any atom is 0.403 e. The SMILES string of the molecule is CC(=N)NCC[C@@H]1COC[C@@H](c2ccc(-n3cc4cc(-c5cc(CCC[C@@H](N)C(F)(F)F)cc(Cl)c5F)[nH]c4nc3=O)cc2)N1. The topological polar surface area (TPSA) is 134 Å². The van der Waals surface area contributed by atoms with Crippen LogP contribution in [0.15, 0.2) is 53.5 Å². The van der Waals surface area contributed by atoms with Gasteiger partial charge < -0.3 is 26.1 Å². The summed E-state index contributed by atoms with van der Waals surface area (Å²) in [6, 6.07) is 10.2. The molecule has 0 amide bonds. The Morgan fingerprint density at radius 1 is 1.24 bits per heavy atom. The van der Waals surface area contributed by atoms with E-state index in [-0.39, 0.29) is 47.6 Å². The lowest BCUT2D eigenvalue weighted by atomic mass is 10.0. The van der Waals surface area contributed by atoms with Gasteiger partial charge in [0.1, 0.15) is 11.7 Å². The molecule has 0 saturated carbocycles. The second-order valence-corrected chi connectivity index (χ2v) is 11.7. The Morgan fingerprint density at radius 3 is 2.71 bits per heavy atom. The van der Waals surface area contributed by atoms with E-state index in [1.165, 1.54) is 16.7 Å². The number of nitrogens with one attached hydrogen (secondary N) is 4. The summed E-state index contributed by atoms with van der Waals surface area (Å²) in [5.74, 6) is -0.279. The second kappa shape index (κ2) is 13.7. The number of fused-ring (bicyclic) bond motifs is 1. The first-order chi connectivity index (χ1) is 21.4. The number of aromatic amines is 1. The lowest BCUT2D eigenvalue weighted by molar-refractivity contribution is -0.149. The van der Waals surface area contributed by atoms with Gasteiger partial charge in [-0.05, 0) is 74.1 Å². The van der Waals surface area contributed by atoms with Gasteiger partial charge in [-0.25, -0.2) is 9.18 Å². The van der Waals surface area contributed by atoms with Crippen molar-refractivity contribution in [1.82, 2.24) is 25.2 Å². The molecule has 1 aliphatic rings. The number of amidine groups is 1. The summed E-state index contributed by atoms with van der Waals surface area (Å²) in [7, 11) is 0. The molecular formula is C31H34ClF4N7O2. The molecule has 0 radical (unpaired) electrons. The zero-order valence-electron chi connectivity index (χ0n) is 24.5. The van der Waals surface area contributed by atoms with Crippen molar-refractivity contribution >= 4 is 28.5 Å². The van der Waals surface area contributed by atoms with E-state index in [9.17, 15) is 18.0 Å². The molecule has 1 fully saturated rings. The van der Waals surface area contributed by atoms with Crippen LogP contribution in [0.25, 0.3) is 28.0 Å². The predicted octanol–water partition coefficient (Wildman–Crippen LogP) is 5.39. The third kappa shape index (κ3) is 7.90. The molecule has 14 heteroatoms. The largest absolute Gasteiger partial charge is 0.403 e. The van der Waals surface area contributed by atoms with Crippen molar-refractivity contribution in [2.45, 2.75) is 56.9 Å². The molecule has 1 saturated heterocycles. The highest BCUT2D eigenvalue weighted by molar-refractivity contribution is 6.31. The Kier molecular flexibility index (Phi) is 9.92. The Hall–Kier alpha value is -3.78. The number of nitrogens with two attached hydrogens (primary N) is 1. The molecule has 0 unspecified atom stereocenters. The molecule has 45 heavy (non-hydrogen) atoms. The molecule has 0 bridgehead atoms. The van der Waals surface area contributed by atoms with Crippen LogP contribution in [0.2, 0.25) is 5.02 Å². The minimum absolute atomic E-state index is 0.0257. The van der Waals surface area contributed by atoms with Crippen molar-refractivity contribution in [2.75, 3.05) is 19.8 Å². The van der Waals surface area contributed by atoms with E-state index in [1.54, 1.807) is 19.2 Å². The number of nitrogens with zero attached hydrogens (tertiary/aromatic N) is 2. The summed E-state index contributed by atoms with van der Waals surface area (Å²) < 4.78 is 60.6. The number of hydrogen-bond acceptors (Lipinski definition) is 6.